The Balaban J connectivity index is 2.06. The van der Waals surface area contributed by atoms with Crippen molar-refractivity contribution in [1.29, 1.82) is 0 Å². The van der Waals surface area contributed by atoms with Crippen LogP contribution < -0.4 is 10.1 Å². The van der Waals surface area contributed by atoms with Gasteiger partial charge in [-0.3, -0.25) is 4.79 Å². The third-order valence-corrected chi connectivity index (χ3v) is 3.38. The molecule has 0 fully saturated rings. The van der Waals surface area contributed by atoms with Crippen LogP contribution in [0, 0.1) is 0 Å². The van der Waals surface area contributed by atoms with Crippen molar-refractivity contribution in [3.05, 3.63) is 60.2 Å². The van der Waals surface area contributed by atoms with Gasteiger partial charge in [0.25, 0.3) is 5.91 Å². The Bertz CT molecular complexity index is 684. The van der Waals surface area contributed by atoms with E-state index in [2.05, 4.69) is 5.32 Å². The van der Waals surface area contributed by atoms with Gasteiger partial charge < -0.3 is 19.9 Å². The van der Waals surface area contributed by atoms with Crippen LogP contribution in [0.2, 0.25) is 0 Å². The van der Waals surface area contributed by atoms with E-state index in [1.54, 1.807) is 43.3 Å². The number of ether oxygens (including phenoxy) is 2. The zero-order chi connectivity index (χ0) is 17.5. The number of hydrogen-bond acceptors (Lipinski definition) is 5. The van der Waals surface area contributed by atoms with Gasteiger partial charge in [-0.05, 0) is 36.8 Å². The first kappa shape index (κ1) is 17.3. The summed E-state index contributed by atoms with van der Waals surface area (Å²) in [5.74, 6) is -0.479. The lowest BCUT2D eigenvalue weighted by molar-refractivity contribution is -0.146. The Morgan fingerprint density at radius 1 is 1.04 bits per heavy atom. The third-order valence-electron chi connectivity index (χ3n) is 3.38. The maximum atomic E-state index is 12.3. The summed E-state index contributed by atoms with van der Waals surface area (Å²) >= 11 is 0. The molecule has 2 aromatic carbocycles. The first-order chi connectivity index (χ1) is 11.5. The van der Waals surface area contributed by atoms with E-state index < -0.39 is 24.0 Å². The number of phenolic OH excluding ortho intramolecular Hbond substituents is 1. The summed E-state index contributed by atoms with van der Waals surface area (Å²) < 4.78 is 10.3. The second-order valence-corrected chi connectivity index (χ2v) is 5.13. The van der Waals surface area contributed by atoms with Crippen LogP contribution in [0.4, 0.5) is 0 Å². The van der Waals surface area contributed by atoms with E-state index >= 15 is 0 Å². The van der Waals surface area contributed by atoms with Crippen LogP contribution in [0.25, 0.3) is 0 Å². The monoisotopic (exact) mass is 329 g/mol. The standard InChI is InChI=1S/C18H19NO5/c1-12(24-15-10-8-14(20)9-11-15)17(21)19-16(18(22)23-2)13-6-4-3-5-7-13/h3-12,16,20H,1-2H3,(H,19,21). The fraction of sp³-hybridized carbons (Fsp3) is 0.222. The van der Waals surface area contributed by atoms with E-state index in [0.29, 0.717) is 11.3 Å². The van der Waals surface area contributed by atoms with Gasteiger partial charge in [0, 0.05) is 0 Å². The van der Waals surface area contributed by atoms with Crippen LogP contribution >= 0.6 is 0 Å². The van der Waals surface area contributed by atoms with E-state index in [0.717, 1.165) is 0 Å². The number of carbonyl (C=O) groups excluding carboxylic acids is 2. The molecule has 0 bridgehead atoms. The largest absolute Gasteiger partial charge is 0.508 e. The molecule has 0 aliphatic heterocycles. The summed E-state index contributed by atoms with van der Waals surface area (Å²) in [7, 11) is 1.26. The SMILES string of the molecule is COC(=O)C(NC(=O)C(C)Oc1ccc(O)cc1)c1ccccc1. The number of nitrogens with one attached hydrogen (secondary N) is 1. The van der Waals surface area contributed by atoms with E-state index in [4.69, 9.17) is 9.47 Å². The number of rotatable bonds is 6. The predicted octanol–water partition coefficient (Wildman–Crippen LogP) is 2.19. The number of esters is 1. The Hall–Kier alpha value is -3.02. The summed E-state index contributed by atoms with van der Waals surface area (Å²) in [5, 5.41) is 11.9. The number of phenols is 1. The molecule has 1 amide bonds. The van der Waals surface area contributed by atoms with Crippen molar-refractivity contribution in [2.24, 2.45) is 0 Å². The van der Waals surface area contributed by atoms with Gasteiger partial charge in [0.1, 0.15) is 11.5 Å². The van der Waals surface area contributed by atoms with Gasteiger partial charge in [0.05, 0.1) is 7.11 Å². The van der Waals surface area contributed by atoms with Gasteiger partial charge in [-0.25, -0.2) is 4.79 Å². The molecule has 0 saturated heterocycles. The molecule has 2 atom stereocenters. The highest BCUT2D eigenvalue weighted by Crippen LogP contribution is 2.18. The van der Waals surface area contributed by atoms with Crippen LogP contribution in [-0.2, 0) is 14.3 Å². The first-order valence-electron chi connectivity index (χ1n) is 7.40. The minimum Gasteiger partial charge on any atom is -0.508 e. The lowest BCUT2D eigenvalue weighted by Crippen LogP contribution is -2.41. The molecular formula is C18H19NO5. The summed E-state index contributed by atoms with van der Waals surface area (Å²) in [6, 6.07) is 13.9. The zero-order valence-electron chi connectivity index (χ0n) is 13.4. The molecule has 2 N–H and O–H groups in total. The van der Waals surface area contributed by atoms with Gasteiger partial charge >= 0.3 is 5.97 Å². The van der Waals surface area contributed by atoms with Crippen molar-refractivity contribution >= 4 is 11.9 Å². The molecule has 24 heavy (non-hydrogen) atoms. The van der Waals surface area contributed by atoms with Crippen molar-refractivity contribution in [3.63, 3.8) is 0 Å². The Morgan fingerprint density at radius 3 is 2.25 bits per heavy atom. The summed E-state index contributed by atoms with van der Waals surface area (Å²) in [6.45, 7) is 1.57. The fourth-order valence-corrected chi connectivity index (χ4v) is 2.08. The molecule has 0 aromatic heterocycles. The number of aromatic hydroxyl groups is 1. The minimum absolute atomic E-state index is 0.106. The number of carbonyl (C=O) groups is 2. The van der Waals surface area contributed by atoms with Crippen LogP contribution in [0.15, 0.2) is 54.6 Å². The second kappa shape index (κ2) is 8.01. The molecule has 0 aliphatic rings. The highest BCUT2D eigenvalue weighted by Gasteiger charge is 2.26. The fourth-order valence-electron chi connectivity index (χ4n) is 2.08. The van der Waals surface area contributed by atoms with E-state index in [1.807, 2.05) is 6.07 Å². The molecule has 2 rings (SSSR count). The average molecular weight is 329 g/mol. The molecule has 6 heteroatoms. The van der Waals surface area contributed by atoms with Crippen molar-refractivity contribution < 1.29 is 24.2 Å². The smallest absolute Gasteiger partial charge is 0.333 e. The molecule has 0 radical (unpaired) electrons. The number of amides is 1. The van der Waals surface area contributed by atoms with Crippen LogP contribution in [-0.4, -0.2) is 30.2 Å². The predicted molar refractivity (Wildman–Crippen MR) is 87.5 cm³/mol. The lowest BCUT2D eigenvalue weighted by atomic mass is 10.1. The van der Waals surface area contributed by atoms with Crippen LogP contribution in [0.5, 0.6) is 11.5 Å². The van der Waals surface area contributed by atoms with Crippen LogP contribution in [0.3, 0.4) is 0 Å². The number of methoxy groups -OCH3 is 1. The molecule has 0 saturated carbocycles. The van der Waals surface area contributed by atoms with Crippen molar-refractivity contribution in [2.75, 3.05) is 7.11 Å². The summed E-state index contributed by atoms with van der Waals surface area (Å²) in [4.78, 5) is 24.3. The van der Waals surface area contributed by atoms with Gasteiger partial charge in [0.2, 0.25) is 0 Å². The highest BCUT2D eigenvalue weighted by atomic mass is 16.5. The van der Waals surface area contributed by atoms with Gasteiger partial charge in [-0.1, -0.05) is 30.3 Å². The minimum atomic E-state index is -0.908. The third kappa shape index (κ3) is 4.49. The Labute approximate surface area is 140 Å². The zero-order valence-corrected chi connectivity index (χ0v) is 13.4. The van der Waals surface area contributed by atoms with Gasteiger partial charge in [0.15, 0.2) is 12.1 Å². The molecule has 0 heterocycles. The maximum Gasteiger partial charge on any atom is 0.333 e. The molecule has 6 nitrogen and oxygen atoms in total. The Morgan fingerprint density at radius 2 is 1.67 bits per heavy atom. The first-order valence-corrected chi connectivity index (χ1v) is 7.40. The van der Waals surface area contributed by atoms with Gasteiger partial charge in [-0.2, -0.15) is 0 Å². The van der Waals surface area contributed by atoms with Crippen molar-refractivity contribution in [3.8, 4) is 11.5 Å². The molecule has 126 valence electrons. The summed E-state index contributed by atoms with van der Waals surface area (Å²) in [6.07, 6.45) is -0.828. The number of benzene rings is 2. The van der Waals surface area contributed by atoms with Crippen molar-refractivity contribution in [2.45, 2.75) is 19.1 Å². The molecule has 2 unspecified atom stereocenters. The average Bonchev–Trinajstić information content (AvgIpc) is 2.61. The van der Waals surface area contributed by atoms with Gasteiger partial charge in [-0.15, -0.1) is 0 Å². The van der Waals surface area contributed by atoms with Crippen LogP contribution in [0.1, 0.15) is 18.5 Å². The second-order valence-electron chi connectivity index (χ2n) is 5.13. The normalized spacial score (nSPS) is 12.8. The maximum absolute atomic E-state index is 12.3. The van der Waals surface area contributed by atoms with E-state index in [1.165, 1.54) is 19.2 Å². The summed E-state index contributed by atoms with van der Waals surface area (Å²) in [5.41, 5.74) is 0.620. The molecule has 2 aromatic rings. The lowest BCUT2D eigenvalue weighted by Gasteiger charge is -2.20. The molecule has 0 aliphatic carbocycles. The Kier molecular flexibility index (Phi) is 5.78. The quantitative estimate of drug-likeness (QED) is 0.794. The molecular weight excluding hydrogens is 310 g/mol. The highest BCUT2D eigenvalue weighted by molar-refractivity contribution is 5.87. The topological polar surface area (TPSA) is 84.9 Å². The van der Waals surface area contributed by atoms with E-state index in [-0.39, 0.29) is 5.75 Å². The van der Waals surface area contributed by atoms with E-state index in [9.17, 15) is 14.7 Å². The van der Waals surface area contributed by atoms with Crippen molar-refractivity contribution in [1.82, 2.24) is 5.32 Å². The molecule has 0 spiro atoms. The number of hydrogen-bond donors (Lipinski definition) is 2.